The highest BCUT2D eigenvalue weighted by Crippen LogP contribution is 2.28. The number of ether oxygens (including phenoxy) is 1. The van der Waals surface area contributed by atoms with Crippen LogP contribution in [0.3, 0.4) is 0 Å². The molecule has 4 nitrogen and oxygen atoms in total. The van der Waals surface area contributed by atoms with Gasteiger partial charge in [0.25, 0.3) is 11.8 Å². The smallest absolute Gasteiger partial charge is 0.261 e. The Labute approximate surface area is 123 Å². The maximum atomic E-state index is 12.4. The Morgan fingerprint density at radius 3 is 2.14 bits per heavy atom. The molecule has 0 aromatic heterocycles. The molecular formula is C17H15NO3. The van der Waals surface area contributed by atoms with Crippen LogP contribution in [0, 0.1) is 6.92 Å². The Morgan fingerprint density at radius 1 is 0.952 bits per heavy atom. The third-order valence-corrected chi connectivity index (χ3v) is 3.78. The van der Waals surface area contributed by atoms with Gasteiger partial charge in [-0.05, 0) is 30.7 Å². The van der Waals surface area contributed by atoms with E-state index in [0.29, 0.717) is 16.9 Å². The Kier molecular flexibility index (Phi) is 3.22. The number of imide groups is 1. The molecule has 0 unspecified atom stereocenters. The van der Waals surface area contributed by atoms with E-state index in [1.807, 2.05) is 25.1 Å². The Bertz CT molecular complexity index is 702. The normalized spacial score (nSPS) is 13.5. The molecule has 3 rings (SSSR count). The lowest BCUT2D eigenvalue weighted by Crippen LogP contribution is -2.29. The summed E-state index contributed by atoms with van der Waals surface area (Å²) in [6.07, 6.45) is 0. The number of rotatable bonds is 3. The van der Waals surface area contributed by atoms with E-state index < -0.39 is 0 Å². The summed E-state index contributed by atoms with van der Waals surface area (Å²) in [6.45, 7) is 2.16. The number of methoxy groups -OCH3 is 1. The third-order valence-electron chi connectivity index (χ3n) is 3.78. The van der Waals surface area contributed by atoms with Crippen LogP contribution in [0.5, 0.6) is 5.75 Å². The lowest BCUT2D eigenvalue weighted by Gasteiger charge is -2.18. The summed E-state index contributed by atoms with van der Waals surface area (Å²) in [5, 5.41) is 0. The van der Waals surface area contributed by atoms with Gasteiger partial charge in [-0.1, -0.05) is 24.3 Å². The molecule has 2 aromatic carbocycles. The highest BCUT2D eigenvalue weighted by Gasteiger charge is 2.35. The first-order valence-corrected chi connectivity index (χ1v) is 6.71. The number of carbonyl (C=O) groups excluding carboxylic acids is 2. The van der Waals surface area contributed by atoms with Gasteiger partial charge in [0.15, 0.2) is 0 Å². The molecule has 4 heteroatoms. The molecule has 0 saturated carbocycles. The van der Waals surface area contributed by atoms with Crippen LogP contribution in [0.1, 0.15) is 31.8 Å². The summed E-state index contributed by atoms with van der Waals surface area (Å²) in [6, 6.07) is 12.6. The first-order chi connectivity index (χ1) is 10.1. The fourth-order valence-corrected chi connectivity index (χ4v) is 2.61. The lowest BCUT2D eigenvalue weighted by atomic mass is 10.1. The van der Waals surface area contributed by atoms with Gasteiger partial charge in [-0.3, -0.25) is 14.5 Å². The molecule has 0 bridgehead atoms. The average Bonchev–Trinajstić information content (AvgIpc) is 2.74. The molecule has 106 valence electrons. The monoisotopic (exact) mass is 281 g/mol. The van der Waals surface area contributed by atoms with E-state index >= 15 is 0 Å². The number of hydrogen-bond acceptors (Lipinski definition) is 3. The fourth-order valence-electron chi connectivity index (χ4n) is 2.61. The molecule has 1 aliphatic rings. The molecule has 1 heterocycles. The number of amides is 2. The van der Waals surface area contributed by atoms with Crippen molar-refractivity contribution in [2.24, 2.45) is 0 Å². The standard InChI is InChI=1S/C17H15NO3/c1-11-6-5-9-15(21-2)14(11)10-18-16(19)12-7-3-4-8-13(12)17(18)20/h3-9H,10H2,1-2H3. The highest BCUT2D eigenvalue weighted by atomic mass is 16.5. The van der Waals surface area contributed by atoms with Crippen molar-refractivity contribution < 1.29 is 14.3 Å². The van der Waals surface area contributed by atoms with Crippen LogP contribution < -0.4 is 4.74 Å². The first kappa shape index (κ1) is 13.4. The second-order valence-electron chi connectivity index (χ2n) is 5.00. The molecule has 2 aromatic rings. The van der Waals surface area contributed by atoms with E-state index in [-0.39, 0.29) is 18.4 Å². The minimum atomic E-state index is -0.249. The van der Waals surface area contributed by atoms with Crippen LogP contribution in [-0.4, -0.2) is 23.8 Å². The molecule has 0 aliphatic carbocycles. The van der Waals surface area contributed by atoms with Crippen molar-refractivity contribution in [1.29, 1.82) is 0 Å². The number of fused-ring (bicyclic) bond motifs is 1. The van der Waals surface area contributed by atoms with Crippen LogP contribution >= 0.6 is 0 Å². The maximum absolute atomic E-state index is 12.4. The number of aryl methyl sites for hydroxylation is 1. The van der Waals surface area contributed by atoms with Gasteiger partial charge >= 0.3 is 0 Å². The third kappa shape index (κ3) is 2.09. The predicted octanol–water partition coefficient (Wildman–Crippen LogP) is 2.80. The van der Waals surface area contributed by atoms with Gasteiger partial charge in [-0.15, -0.1) is 0 Å². The van der Waals surface area contributed by atoms with E-state index in [9.17, 15) is 9.59 Å². The zero-order valence-electron chi connectivity index (χ0n) is 11.9. The first-order valence-electron chi connectivity index (χ1n) is 6.71. The molecule has 1 aliphatic heterocycles. The quantitative estimate of drug-likeness (QED) is 0.813. The zero-order valence-corrected chi connectivity index (χ0v) is 11.9. The Balaban J connectivity index is 1.98. The van der Waals surface area contributed by atoms with E-state index in [4.69, 9.17) is 4.74 Å². The number of hydrogen-bond donors (Lipinski definition) is 0. The summed E-state index contributed by atoms with van der Waals surface area (Å²) >= 11 is 0. The van der Waals surface area contributed by atoms with Gasteiger partial charge in [-0.25, -0.2) is 0 Å². The van der Waals surface area contributed by atoms with Gasteiger partial charge < -0.3 is 4.74 Å². The summed E-state index contributed by atoms with van der Waals surface area (Å²) in [5.74, 6) is 0.188. The van der Waals surface area contributed by atoms with E-state index in [1.54, 1.807) is 31.4 Å². The van der Waals surface area contributed by atoms with Crippen molar-refractivity contribution >= 4 is 11.8 Å². The minimum absolute atomic E-state index is 0.224. The van der Waals surface area contributed by atoms with E-state index in [0.717, 1.165) is 11.1 Å². The number of benzene rings is 2. The second kappa shape index (κ2) is 5.05. The van der Waals surface area contributed by atoms with Crippen LogP contribution in [0.25, 0.3) is 0 Å². The summed E-state index contributed by atoms with van der Waals surface area (Å²) in [4.78, 5) is 26.0. The van der Waals surface area contributed by atoms with E-state index in [2.05, 4.69) is 0 Å². The van der Waals surface area contributed by atoms with Gasteiger partial charge in [-0.2, -0.15) is 0 Å². The predicted molar refractivity (Wildman–Crippen MR) is 78.4 cm³/mol. The van der Waals surface area contributed by atoms with Gasteiger partial charge in [0.05, 0.1) is 24.8 Å². The summed E-state index contributed by atoms with van der Waals surface area (Å²) in [7, 11) is 1.58. The van der Waals surface area contributed by atoms with Crippen LogP contribution in [0.15, 0.2) is 42.5 Å². The van der Waals surface area contributed by atoms with Crippen LogP contribution in [0.2, 0.25) is 0 Å². The molecule has 0 N–H and O–H groups in total. The van der Waals surface area contributed by atoms with Crippen molar-refractivity contribution in [3.05, 3.63) is 64.7 Å². The molecule has 2 amide bonds. The van der Waals surface area contributed by atoms with Gasteiger partial charge in [0.1, 0.15) is 5.75 Å². The lowest BCUT2D eigenvalue weighted by molar-refractivity contribution is 0.0641. The van der Waals surface area contributed by atoms with Gasteiger partial charge in [0.2, 0.25) is 0 Å². The molecule has 0 spiro atoms. The average molecular weight is 281 g/mol. The molecule has 0 atom stereocenters. The molecule has 0 fully saturated rings. The second-order valence-corrected chi connectivity index (χ2v) is 5.00. The molecule has 0 saturated heterocycles. The van der Waals surface area contributed by atoms with Crippen molar-refractivity contribution in [3.63, 3.8) is 0 Å². The van der Waals surface area contributed by atoms with Crippen LogP contribution in [-0.2, 0) is 6.54 Å². The summed E-state index contributed by atoms with van der Waals surface area (Å²) in [5.41, 5.74) is 2.78. The fraction of sp³-hybridized carbons (Fsp3) is 0.176. The minimum Gasteiger partial charge on any atom is -0.496 e. The number of nitrogens with zero attached hydrogens (tertiary/aromatic N) is 1. The number of carbonyl (C=O) groups is 2. The van der Waals surface area contributed by atoms with Crippen molar-refractivity contribution in [1.82, 2.24) is 4.90 Å². The van der Waals surface area contributed by atoms with E-state index in [1.165, 1.54) is 4.90 Å². The Hall–Kier alpha value is -2.62. The van der Waals surface area contributed by atoms with Gasteiger partial charge in [0, 0.05) is 5.56 Å². The SMILES string of the molecule is COc1cccc(C)c1CN1C(=O)c2ccccc2C1=O. The van der Waals surface area contributed by atoms with Crippen LogP contribution in [0.4, 0.5) is 0 Å². The molecule has 21 heavy (non-hydrogen) atoms. The van der Waals surface area contributed by atoms with Crippen molar-refractivity contribution in [2.45, 2.75) is 13.5 Å². The maximum Gasteiger partial charge on any atom is 0.261 e. The van der Waals surface area contributed by atoms with Crippen molar-refractivity contribution in [3.8, 4) is 5.75 Å². The highest BCUT2D eigenvalue weighted by molar-refractivity contribution is 6.21. The summed E-state index contributed by atoms with van der Waals surface area (Å²) < 4.78 is 5.33. The largest absolute Gasteiger partial charge is 0.496 e. The zero-order chi connectivity index (χ0) is 15.0. The Morgan fingerprint density at radius 2 is 1.57 bits per heavy atom. The molecule has 0 radical (unpaired) electrons. The topological polar surface area (TPSA) is 46.6 Å². The van der Waals surface area contributed by atoms with Crippen molar-refractivity contribution in [2.75, 3.05) is 7.11 Å². The molecular weight excluding hydrogens is 266 g/mol.